The lowest BCUT2D eigenvalue weighted by Crippen LogP contribution is -2.17. The Bertz CT molecular complexity index is 1180. The smallest absolute Gasteiger partial charge is 0.342 e. The number of benzene rings is 1. The van der Waals surface area contributed by atoms with Crippen molar-refractivity contribution in [3.63, 3.8) is 0 Å². The van der Waals surface area contributed by atoms with Crippen LogP contribution in [0.5, 0.6) is 5.75 Å². The van der Waals surface area contributed by atoms with Crippen molar-refractivity contribution >= 4 is 38.9 Å². The van der Waals surface area contributed by atoms with E-state index in [0.29, 0.717) is 10.2 Å². The van der Waals surface area contributed by atoms with Gasteiger partial charge in [-0.25, -0.2) is 9.78 Å². The molecule has 1 atom stereocenters. The fourth-order valence-corrected chi connectivity index (χ4v) is 4.47. The molecule has 0 aliphatic carbocycles. The summed E-state index contributed by atoms with van der Waals surface area (Å²) in [7, 11) is 0. The number of carbonyl (C=O) groups is 1. The van der Waals surface area contributed by atoms with Gasteiger partial charge in [0.2, 0.25) is 0 Å². The third-order valence-corrected chi connectivity index (χ3v) is 5.82. The summed E-state index contributed by atoms with van der Waals surface area (Å²) in [5, 5.41) is 14.2. The number of ether oxygens (including phenoxy) is 1. The first-order chi connectivity index (χ1) is 13.0. The lowest BCUT2D eigenvalue weighted by molar-refractivity contribution is 0.0317. The molecule has 8 heteroatoms. The zero-order chi connectivity index (χ0) is 19.0. The van der Waals surface area contributed by atoms with Crippen LogP contribution in [0.4, 0.5) is 0 Å². The third-order valence-electron chi connectivity index (χ3n) is 4.04. The zero-order valence-corrected chi connectivity index (χ0v) is 15.8. The van der Waals surface area contributed by atoms with Gasteiger partial charge < -0.3 is 14.8 Å². The van der Waals surface area contributed by atoms with Crippen LogP contribution in [0, 0.1) is 0 Å². The van der Waals surface area contributed by atoms with Gasteiger partial charge in [-0.2, -0.15) is 0 Å². The highest BCUT2D eigenvalue weighted by Gasteiger charge is 2.20. The topological polar surface area (TPSA) is 92.3 Å². The number of aromatic nitrogens is 2. The van der Waals surface area contributed by atoms with Crippen molar-refractivity contribution in [2.24, 2.45) is 0 Å². The fourth-order valence-electron chi connectivity index (χ4n) is 2.70. The maximum Gasteiger partial charge on any atom is 0.342 e. The van der Waals surface area contributed by atoms with Crippen LogP contribution in [0.3, 0.4) is 0 Å². The van der Waals surface area contributed by atoms with E-state index in [1.54, 1.807) is 30.4 Å². The molecule has 0 radical (unpaired) electrons. The van der Waals surface area contributed by atoms with Crippen molar-refractivity contribution < 1.29 is 14.6 Å². The molecule has 6 nitrogen and oxygen atoms in total. The Morgan fingerprint density at radius 1 is 1.22 bits per heavy atom. The number of aromatic amines is 1. The van der Waals surface area contributed by atoms with E-state index >= 15 is 0 Å². The Morgan fingerprint density at radius 3 is 2.78 bits per heavy atom. The molecule has 0 saturated heterocycles. The van der Waals surface area contributed by atoms with E-state index in [1.165, 1.54) is 23.5 Å². The molecular weight excluding hydrogens is 384 g/mol. The van der Waals surface area contributed by atoms with Gasteiger partial charge >= 0.3 is 5.97 Å². The van der Waals surface area contributed by atoms with Gasteiger partial charge in [0.05, 0.1) is 5.39 Å². The Hall–Kier alpha value is -2.97. The first kappa shape index (κ1) is 17.4. The average molecular weight is 398 g/mol. The van der Waals surface area contributed by atoms with Gasteiger partial charge in [-0.05, 0) is 30.5 Å². The number of fused-ring (bicyclic) bond motifs is 1. The Balaban J connectivity index is 1.65. The number of carbonyl (C=O) groups excluding carboxylic acids is 1. The fraction of sp³-hybridized carbons (Fsp3) is 0.105. The number of para-hydroxylation sites is 1. The van der Waals surface area contributed by atoms with E-state index in [2.05, 4.69) is 9.97 Å². The van der Waals surface area contributed by atoms with Crippen LogP contribution in [0.25, 0.3) is 20.7 Å². The molecule has 0 saturated carbocycles. The largest absolute Gasteiger partial charge is 0.507 e. The molecule has 4 rings (SSSR count). The molecule has 3 heterocycles. The maximum atomic E-state index is 12.6. The van der Waals surface area contributed by atoms with Crippen molar-refractivity contribution in [2.75, 3.05) is 0 Å². The minimum Gasteiger partial charge on any atom is -0.507 e. The Morgan fingerprint density at radius 2 is 2.04 bits per heavy atom. The summed E-state index contributed by atoms with van der Waals surface area (Å²) in [6.45, 7) is 1.62. The van der Waals surface area contributed by atoms with Crippen LogP contribution in [0.15, 0.2) is 52.0 Å². The highest BCUT2D eigenvalue weighted by Crippen LogP contribution is 2.34. The first-order valence-corrected chi connectivity index (χ1v) is 9.85. The van der Waals surface area contributed by atoms with Crippen LogP contribution in [-0.4, -0.2) is 21.0 Å². The van der Waals surface area contributed by atoms with E-state index in [4.69, 9.17) is 4.74 Å². The SMILES string of the molecule is C[C@H](OC(=O)c1ccccc1O)c1nc2scc(-c3cccs3)c2c(=O)[nH]1. The molecule has 2 N–H and O–H groups in total. The molecule has 0 aliphatic heterocycles. The molecular formula is C19H14N2O4S2. The summed E-state index contributed by atoms with van der Waals surface area (Å²) in [5.74, 6) is -0.588. The van der Waals surface area contributed by atoms with Crippen LogP contribution < -0.4 is 5.56 Å². The number of phenols is 1. The van der Waals surface area contributed by atoms with Gasteiger partial charge in [-0.3, -0.25) is 4.79 Å². The summed E-state index contributed by atoms with van der Waals surface area (Å²) >= 11 is 2.93. The summed E-state index contributed by atoms with van der Waals surface area (Å²) in [4.78, 5) is 33.6. The number of aromatic hydroxyl groups is 1. The van der Waals surface area contributed by atoms with E-state index in [1.807, 2.05) is 22.9 Å². The molecule has 27 heavy (non-hydrogen) atoms. The highest BCUT2D eigenvalue weighted by atomic mass is 32.1. The normalized spacial score (nSPS) is 12.2. The van der Waals surface area contributed by atoms with Crippen LogP contribution in [-0.2, 0) is 4.74 Å². The van der Waals surface area contributed by atoms with Crippen LogP contribution in [0.1, 0.15) is 29.2 Å². The number of nitrogens with one attached hydrogen (secondary N) is 1. The number of H-pyrrole nitrogens is 1. The van der Waals surface area contributed by atoms with Crippen LogP contribution in [0.2, 0.25) is 0 Å². The van der Waals surface area contributed by atoms with E-state index in [0.717, 1.165) is 10.4 Å². The number of hydrogen-bond donors (Lipinski definition) is 2. The minimum absolute atomic E-state index is 0.0591. The van der Waals surface area contributed by atoms with Gasteiger partial charge in [0, 0.05) is 15.8 Å². The third kappa shape index (κ3) is 3.24. The molecule has 0 fully saturated rings. The summed E-state index contributed by atoms with van der Waals surface area (Å²) < 4.78 is 5.36. The summed E-state index contributed by atoms with van der Waals surface area (Å²) in [5.41, 5.74) is 0.637. The van der Waals surface area contributed by atoms with Crippen molar-refractivity contribution in [3.05, 3.63) is 68.9 Å². The maximum absolute atomic E-state index is 12.6. The van der Waals surface area contributed by atoms with Gasteiger partial charge in [0.15, 0.2) is 11.9 Å². The van der Waals surface area contributed by atoms with Crippen LogP contribution >= 0.6 is 22.7 Å². The first-order valence-electron chi connectivity index (χ1n) is 8.09. The minimum atomic E-state index is -0.776. The molecule has 3 aromatic heterocycles. The Labute approximate surface area is 161 Å². The zero-order valence-electron chi connectivity index (χ0n) is 14.1. The molecule has 0 amide bonds. The second-order valence-corrected chi connectivity index (χ2v) is 7.63. The average Bonchev–Trinajstić information content (AvgIpc) is 3.31. The number of nitrogens with zero attached hydrogens (tertiary/aromatic N) is 1. The number of rotatable bonds is 4. The molecule has 4 aromatic rings. The van der Waals surface area contributed by atoms with Gasteiger partial charge in [-0.15, -0.1) is 22.7 Å². The number of thiophene rings is 2. The second-order valence-electron chi connectivity index (χ2n) is 5.82. The number of hydrogen-bond acceptors (Lipinski definition) is 7. The lowest BCUT2D eigenvalue weighted by atomic mass is 10.2. The van der Waals surface area contributed by atoms with Crippen molar-refractivity contribution in [3.8, 4) is 16.2 Å². The van der Waals surface area contributed by atoms with E-state index in [-0.39, 0.29) is 22.7 Å². The summed E-state index contributed by atoms with van der Waals surface area (Å²) in [6.07, 6.45) is -0.776. The molecule has 0 aliphatic rings. The van der Waals surface area contributed by atoms with E-state index < -0.39 is 12.1 Å². The quantitative estimate of drug-likeness (QED) is 0.499. The molecule has 0 unspecified atom stereocenters. The highest BCUT2D eigenvalue weighted by molar-refractivity contribution is 7.18. The monoisotopic (exact) mass is 398 g/mol. The number of esters is 1. The van der Waals surface area contributed by atoms with Gasteiger partial charge in [0.1, 0.15) is 16.1 Å². The number of phenolic OH excluding ortho intramolecular Hbond substituents is 1. The molecule has 1 aromatic carbocycles. The molecule has 0 bridgehead atoms. The second kappa shape index (κ2) is 6.98. The van der Waals surface area contributed by atoms with Gasteiger partial charge in [-0.1, -0.05) is 18.2 Å². The van der Waals surface area contributed by atoms with Crippen molar-refractivity contribution in [2.45, 2.75) is 13.0 Å². The van der Waals surface area contributed by atoms with Gasteiger partial charge in [0.25, 0.3) is 5.56 Å². The summed E-state index contributed by atoms with van der Waals surface area (Å²) in [6, 6.07) is 10.0. The Kier molecular flexibility index (Phi) is 4.51. The van der Waals surface area contributed by atoms with Crippen molar-refractivity contribution in [1.29, 1.82) is 0 Å². The predicted molar refractivity (Wildman–Crippen MR) is 105 cm³/mol. The molecule has 136 valence electrons. The van der Waals surface area contributed by atoms with Crippen molar-refractivity contribution in [1.82, 2.24) is 9.97 Å². The lowest BCUT2D eigenvalue weighted by Gasteiger charge is -2.13. The predicted octanol–water partition coefficient (Wildman–Crippen LogP) is 4.34. The molecule has 0 spiro atoms. The standard InChI is InChI=1S/C19H14N2O4S2/c1-10(25-19(24)11-5-2-3-6-13(11)22)16-20-17(23)15-12(9-27-18(15)21-16)14-7-4-8-26-14/h2-10,22H,1H3,(H,20,21,23)/t10-/m0/s1. The van der Waals surface area contributed by atoms with E-state index in [9.17, 15) is 14.7 Å².